The second-order valence-electron chi connectivity index (χ2n) is 13.3. The van der Waals surface area contributed by atoms with Crippen LogP contribution in [-0.2, 0) is 0 Å². The average molecular weight is 679 g/mol. The molecule has 0 radical (unpaired) electrons. The van der Waals surface area contributed by atoms with E-state index in [-0.39, 0.29) is 0 Å². The normalized spacial score (nSPS) is 11.4. The molecule has 0 amide bonds. The van der Waals surface area contributed by atoms with Crippen molar-refractivity contribution in [2.75, 3.05) is 45.8 Å². The quantitative estimate of drug-likeness (QED) is 0.119. The van der Waals surface area contributed by atoms with Crippen LogP contribution in [0.4, 0.5) is 45.5 Å². The first-order chi connectivity index (χ1) is 25.6. The van der Waals surface area contributed by atoms with Crippen LogP contribution in [0.15, 0.2) is 158 Å². The molecule has 0 aromatic heterocycles. The zero-order valence-corrected chi connectivity index (χ0v) is 30.6. The first-order valence-corrected chi connectivity index (χ1v) is 18.7. The molecule has 0 saturated carbocycles. The minimum atomic E-state index is 0.985. The van der Waals surface area contributed by atoms with Gasteiger partial charge < -0.3 is 19.6 Å². The molecule has 0 bridgehead atoms. The maximum absolute atomic E-state index is 2.41. The number of anilines is 8. The van der Waals surface area contributed by atoms with Crippen LogP contribution in [0.1, 0.15) is 27.7 Å². The molecule has 258 valence electrons. The average Bonchev–Trinajstić information content (AvgIpc) is 3.21. The van der Waals surface area contributed by atoms with Gasteiger partial charge in [-0.2, -0.15) is 0 Å². The largest absolute Gasteiger partial charge is 0.372 e. The van der Waals surface area contributed by atoms with Crippen LogP contribution in [0, 0.1) is 0 Å². The molecule has 0 N–H and O–H groups in total. The van der Waals surface area contributed by atoms with Gasteiger partial charge in [0.1, 0.15) is 0 Å². The highest BCUT2D eigenvalue weighted by atomic mass is 15.2. The first kappa shape index (κ1) is 33.2. The Hall–Kier alpha value is -6.00. The van der Waals surface area contributed by atoms with E-state index in [4.69, 9.17) is 0 Å². The van der Waals surface area contributed by atoms with Gasteiger partial charge in [0.25, 0.3) is 0 Å². The van der Waals surface area contributed by atoms with Crippen LogP contribution in [0.5, 0.6) is 0 Å². The Morgan fingerprint density at radius 1 is 0.308 bits per heavy atom. The van der Waals surface area contributed by atoms with E-state index in [1.165, 1.54) is 55.1 Å². The number of hydrogen-bond donors (Lipinski definition) is 0. The Labute approximate surface area is 308 Å². The van der Waals surface area contributed by atoms with Gasteiger partial charge in [0.15, 0.2) is 0 Å². The van der Waals surface area contributed by atoms with Crippen LogP contribution >= 0.6 is 0 Å². The summed E-state index contributed by atoms with van der Waals surface area (Å²) in [6, 6.07) is 58.0. The Morgan fingerprint density at radius 2 is 0.615 bits per heavy atom. The molecule has 0 spiro atoms. The summed E-state index contributed by atoms with van der Waals surface area (Å²) in [5.41, 5.74) is 9.38. The molecule has 0 aliphatic rings. The standard InChI is InChI=1S/C48H46N4/c1-5-49(6-2)37-23-27-41(28-24-37)51(39-15-11-9-12-16-39)45-33-21-35-20-32-44-46(34-22-36-19-31-43(45)47(35)48(36)44)52(40-17-13-10-14-18-40)42-29-25-38(26-30-42)50(7-3)8-4/h9-34H,5-8H2,1-4H3. The highest BCUT2D eigenvalue weighted by molar-refractivity contribution is 6.28. The van der Waals surface area contributed by atoms with E-state index in [9.17, 15) is 0 Å². The molecule has 4 nitrogen and oxygen atoms in total. The third kappa shape index (κ3) is 5.84. The van der Waals surface area contributed by atoms with Gasteiger partial charge in [0.05, 0.1) is 11.4 Å². The summed E-state index contributed by atoms with van der Waals surface area (Å²) in [6.45, 7) is 12.8. The molecule has 0 atom stereocenters. The second kappa shape index (κ2) is 14.3. The molecule has 0 aliphatic carbocycles. The molecule has 4 heteroatoms. The summed E-state index contributed by atoms with van der Waals surface area (Å²) < 4.78 is 0. The predicted octanol–water partition coefficient (Wildman–Crippen LogP) is 13.2. The van der Waals surface area contributed by atoms with Crippen molar-refractivity contribution in [3.8, 4) is 0 Å². The lowest BCUT2D eigenvalue weighted by Crippen LogP contribution is -2.21. The fourth-order valence-corrected chi connectivity index (χ4v) is 7.97. The fourth-order valence-electron chi connectivity index (χ4n) is 7.97. The minimum absolute atomic E-state index is 0.985. The highest BCUT2D eigenvalue weighted by Gasteiger charge is 2.22. The smallest absolute Gasteiger partial charge is 0.0540 e. The van der Waals surface area contributed by atoms with E-state index in [1.807, 2.05) is 0 Å². The van der Waals surface area contributed by atoms with E-state index >= 15 is 0 Å². The number of rotatable bonds is 12. The van der Waals surface area contributed by atoms with Gasteiger partial charge in [-0.15, -0.1) is 0 Å². The second-order valence-corrected chi connectivity index (χ2v) is 13.3. The number of benzene rings is 8. The van der Waals surface area contributed by atoms with Gasteiger partial charge in [0.2, 0.25) is 0 Å². The molecule has 8 aromatic carbocycles. The van der Waals surface area contributed by atoms with Crippen molar-refractivity contribution in [3.05, 3.63) is 158 Å². The van der Waals surface area contributed by atoms with Gasteiger partial charge in [-0.3, -0.25) is 0 Å². The van der Waals surface area contributed by atoms with Crippen molar-refractivity contribution in [3.63, 3.8) is 0 Å². The van der Waals surface area contributed by atoms with Crippen LogP contribution in [-0.4, -0.2) is 26.2 Å². The monoisotopic (exact) mass is 678 g/mol. The molecule has 0 unspecified atom stereocenters. The summed E-state index contributed by atoms with van der Waals surface area (Å²) in [6.07, 6.45) is 0. The van der Waals surface area contributed by atoms with Crippen LogP contribution in [0.2, 0.25) is 0 Å². The third-order valence-electron chi connectivity index (χ3n) is 10.6. The van der Waals surface area contributed by atoms with E-state index in [1.54, 1.807) is 0 Å². The fraction of sp³-hybridized carbons (Fsp3) is 0.167. The van der Waals surface area contributed by atoms with Crippen LogP contribution < -0.4 is 19.6 Å². The Balaban J connectivity index is 1.33. The summed E-state index contributed by atoms with van der Waals surface area (Å²) in [4.78, 5) is 9.60. The van der Waals surface area contributed by atoms with Crippen molar-refractivity contribution in [2.45, 2.75) is 27.7 Å². The van der Waals surface area contributed by atoms with Crippen molar-refractivity contribution in [1.29, 1.82) is 0 Å². The summed E-state index contributed by atoms with van der Waals surface area (Å²) in [5.74, 6) is 0. The SMILES string of the molecule is CCN(CC)c1ccc(N(c2ccccc2)c2ccc3ccc4c(N(c5ccccc5)c5ccc(N(CC)CC)cc5)ccc5ccc2c3c54)cc1. The van der Waals surface area contributed by atoms with Gasteiger partial charge in [0, 0.05) is 71.1 Å². The van der Waals surface area contributed by atoms with E-state index in [0.717, 1.165) is 48.9 Å². The van der Waals surface area contributed by atoms with Crippen LogP contribution in [0.25, 0.3) is 32.3 Å². The molecule has 52 heavy (non-hydrogen) atoms. The topological polar surface area (TPSA) is 13.0 Å². The zero-order chi connectivity index (χ0) is 35.6. The maximum atomic E-state index is 2.41. The first-order valence-electron chi connectivity index (χ1n) is 18.7. The minimum Gasteiger partial charge on any atom is -0.372 e. The molecule has 0 aliphatic heterocycles. The molecular formula is C48H46N4. The van der Waals surface area contributed by atoms with Gasteiger partial charge in [-0.05, 0) is 134 Å². The Morgan fingerprint density at radius 3 is 0.962 bits per heavy atom. The van der Waals surface area contributed by atoms with Crippen molar-refractivity contribution in [1.82, 2.24) is 0 Å². The number of nitrogens with zero attached hydrogens (tertiary/aromatic N) is 4. The number of hydrogen-bond acceptors (Lipinski definition) is 4. The van der Waals surface area contributed by atoms with Gasteiger partial charge in [-0.25, -0.2) is 0 Å². The van der Waals surface area contributed by atoms with Gasteiger partial charge >= 0.3 is 0 Å². The molecule has 8 rings (SSSR count). The Bertz CT molecular complexity index is 2220. The zero-order valence-electron chi connectivity index (χ0n) is 30.6. The lowest BCUT2D eigenvalue weighted by molar-refractivity contribution is 0.866. The third-order valence-corrected chi connectivity index (χ3v) is 10.6. The van der Waals surface area contributed by atoms with E-state index in [2.05, 4.69) is 205 Å². The highest BCUT2D eigenvalue weighted by Crippen LogP contribution is 2.47. The van der Waals surface area contributed by atoms with E-state index in [0.29, 0.717) is 0 Å². The maximum Gasteiger partial charge on any atom is 0.0540 e. The molecule has 0 saturated heterocycles. The van der Waals surface area contributed by atoms with Crippen molar-refractivity contribution >= 4 is 77.8 Å². The van der Waals surface area contributed by atoms with Gasteiger partial charge in [-0.1, -0.05) is 72.8 Å². The predicted molar refractivity (Wildman–Crippen MR) is 227 cm³/mol. The lowest BCUT2D eigenvalue weighted by Gasteiger charge is -2.30. The Kier molecular flexibility index (Phi) is 9.13. The van der Waals surface area contributed by atoms with Crippen LogP contribution in [0.3, 0.4) is 0 Å². The molecule has 0 heterocycles. The lowest BCUT2D eigenvalue weighted by atomic mass is 9.91. The van der Waals surface area contributed by atoms with Crippen molar-refractivity contribution in [2.24, 2.45) is 0 Å². The molecular weight excluding hydrogens is 633 g/mol. The molecule has 8 aromatic rings. The summed E-state index contributed by atoms with van der Waals surface area (Å²) in [5, 5.41) is 7.54. The summed E-state index contributed by atoms with van der Waals surface area (Å²) in [7, 11) is 0. The van der Waals surface area contributed by atoms with Crippen molar-refractivity contribution < 1.29 is 0 Å². The summed E-state index contributed by atoms with van der Waals surface area (Å²) >= 11 is 0. The number of para-hydroxylation sites is 2. The molecule has 0 fully saturated rings. The van der Waals surface area contributed by atoms with E-state index < -0.39 is 0 Å².